The number of nitrogens with one attached hydrogen (secondary N) is 1. The van der Waals surface area contributed by atoms with Gasteiger partial charge in [0.25, 0.3) is 0 Å². The number of amides is 1. The van der Waals surface area contributed by atoms with Gasteiger partial charge in [-0.25, -0.2) is 4.79 Å². The average molecular weight is 257 g/mol. The van der Waals surface area contributed by atoms with Crippen molar-refractivity contribution in [1.82, 2.24) is 5.32 Å². The smallest absolute Gasteiger partial charge is 0.407 e. The van der Waals surface area contributed by atoms with E-state index in [9.17, 15) is 9.59 Å². The summed E-state index contributed by atoms with van der Waals surface area (Å²) >= 11 is 0. The fourth-order valence-electron chi connectivity index (χ4n) is 2.18. The van der Waals surface area contributed by atoms with Crippen LogP contribution in [0.15, 0.2) is 0 Å². The van der Waals surface area contributed by atoms with Crippen molar-refractivity contribution in [3.63, 3.8) is 0 Å². The second kappa shape index (κ2) is 6.07. The van der Waals surface area contributed by atoms with E-state index in [1.54, 1.807) is 0 Å². The van der Waals surface area contributed by atoms with Gasteiger partial charge in [0, 0.05) is 6.04 Å². The molecule has 0 radical (unpaired) electrons. The first-order valence-electron chi connectivity index (χ1n) is 6.39. The minimum Gasteiger partial charge on any atom is -0.469 e. The minimum absolute atomic E-state index is 0.00213. The highest BCUT2D eigenvalue weighted by molar-refractivity contribution is 5.73. The van der Waals surface area contributed by atoms with Crippen LogP contribution in [0.5, 0.6) is 0 Å². The van der Waals surface area contributed by atoms with Gasteiger partial charge in [0.1, 0.15) is 5.60 Å². The van der Waals surface area contributed by atoms with Crippen LogP contribution in [0.2, 0.25) is 0 Å². The molecular weight excluding hydrogens is 234 g/mol. The molecule has 1 amide bonds. The second-order valence-corrected chi connectivity index (χ2v) is 5.73. The fourth-order valence-corrected chi connectivity index (χ4v) is 2.18. The highest BCUT2D eigenvalue weighted by Gasteiger charge is 2.29. The Morgan fingerprint density at radius 3 is 2.44 bits per heavy atom. The SMILES string of the molecule is COC(=O)[C@H]1CCC[C@@H](NC(=O)OC(C)(C)C)C1. The molecule has 1 fully saturated rings. The van der Waals surface area contributed by atoms with Crippen molar-refractivity contribution in [2.45, 2.75) is 58.1 Å². The topological polar surface area (TPSA) is 64.6 Å². The molecule has 1 rings (SSSR count). The lowest BCUT2D eigenvalue weighted by molar-refractivity contribution is -0.146. The number of methoxy groups -OCH3 is 1. The van der Waals surface area contributed by atoms with Gasteiger partial charge < -0.3 is 14.8 Å². The Morgan fingerprint density at radius 2 is 1.89 bits per heavy atom. The van der Waals surface area contributed by atoms with Crippen molar-refractivity contribution in [2.24, 2.45) is 5.92 Å². The molecule has 0 aliphatic heterocycles. The van der Waals surface area contributed by atoms with E-state index >= 15 is 0 Å². The molecule has 18 heavy (non-hydrogen) atoms. The highest BCUT2D eigenvalue weighted by atomic mass is 16.6. The maximum absolute atomic E-state index is 11.6. The molecular formula is C13H23NO4. The fraction of sp³-hybridized carbons (Fsp3) is 0.846. The number of rotatable bonds is 2. The maximum atomic E-state index is 11.6. The molecule has 1 aliphatic carbocycles. The number of alkyl carbamates (subject to hydrolysis) is 1. The minimum atomic E-state index is -0.500. The van der Waals surface area contributed by atoms with Crippen molar-refractivity contribution in [3.05, 3.63) is 0 Å². The summed E-state index contributed by atoms with van der Waals surface area (Å²) in [6, 6.07) is -0.00213. The Kier molecular flexibility index (Phi) is 4.99. The van der Waals surface area contributed by atoms with Gasteiger partial charge in [-0.3, -0.25) is 4.79 Å². The molecule has 104 valence electrons. The van der Waals surface area contributed by atoms with Crippen LogP contribution in [0, 0.1) is 5.92 Å². The molecule has 1 aliphatic rings. The van der Waals surface area contributed by atoms with Crippen molar-refractivity contribution < 1.29 is 19.1 Å². The van der Waals surface area contributed by atoms with Crippen LogP contribution >= 0.6 is 0 Å². The molecule has 5 heteroatoms. The molecule has 0 aromatic rings. The predicted octanol–water partition coefficient (Wildman–Crippen LogP) is 2.24. The van der Waals surface area contributed by atoms with Crippen LogP contribution in [0.4, 0.5) is 4.79 Å². The van der Waals surface area contributed by atoms with Gasteiger partial charge in [0.2, 0.25) is 0 Å². The van der Waals surface area contributed by atoms with E-state index in [-0.39, 0.29) is 17.9 Å². The van der Waals surface area contributed by atoms with Gasteiger partial charge in [-0.2, -0.15) is 0 Å². The van der Waals surface area contributed by atoms with Crippen molar-refractivity contribution in [2.75, 3.05) is 7.11 Å². The first-order valence-corrected chi connectivity index (χ1v) is 6.39. The highest BCUT2D eigenvalue weighted by Crippen LogP contribution is 2.25. The zero-order valence-electron chi connectivity index (χ0n) is 11.6. The van der Waals surface area contributed by atoms with Gasteiger partial charge in [0.15, 0.2) is 0 Å². The molecule has 0 saturated heterocycles. The molecule has 0 unspecified atom stereocenters. The Bertz CT molecular complexity index is 309. The number of hydrogen-bond donors (Lipinski definition) is 1. The molecule has 5 nitrogen and oxygen atoms in total. The normalized spacial score (nSPS) is 24.2. The number of carbonyl (C=O) groups is 2. The summed E-state index contributed by atoms with van der Waals surface area (Å²) in [6.07, 6.45) is 2.84. The van der Waals surface area contributed by atoms with E-state index < -0.39 is 11.7 Å². The second-order valence-electron chi connectivity index (χ2n) is 5.73. The van der Waals surface area contributed by atoms with E-state index in [2.05, 4.69) is 5.32 Å². The van der Waals surface area contributed by atoms with E-state index in [0.717, 1.165) is 19.3 Å². The first kappa shape index (κ1) is 14.8. The van der Waals surface area contributed by atoms with Gasteiger partial charge in [-0.1, -0.05) is 6.42 Å². The van der Waals surface area contributed by atoms with Gasteiger partial charge in [-0.05, 0) is 40.0 Å². The van der Waals surface area contributed by atoms with E-state index in [1.165, 1.54) is 7.11 Å². The number of ether oxygens (including phenoxy) is 2. The van der Waals surface area contributed by atoms with Crippen LogP contribution in [0.25, 0.3) is 0 Å². The number of hydrogen-bond acceptors (Lipinski definition) is 4. The quantitative estimate of drug-likeness (QED) is 0.770. The maximum Gasteiger partial charge on any atom is 0.407 e. The Hall–Kier alpha value is -1.26. The molecule has 0 bridgehead atoms. The Labute approximate surface area is 108 Å². The van der Waals surface area contributed by atoms with Crippen LogP contribution < -0.4 is 5.32 Å². The standard InChI is InChI=1S/C13H23NO4/c1-13(2,3)18-12(16)14-10-7-5-6-9(8-10)11(15)17-4/h9-10H,5-8H2,1-4H3,(H,14,16)/t9-,10+/m0/s1. The monoisotopic (exact) mass is 257 g/mol. The summed E-state index contributed by atoms with van der Waals surface area (Å²) in [5.41, 5.74) is -0.500. The molecule has 0 spiro atoms. The summed E-state index contributed by atoms with van der Waals surface area (Å²) < 4.78 is 9.94. The average Bonchev–Trinajstić information content (AvgIpc) is 2.25. The first-order chi connectivity index (χ1) is 8.31. The largest absolute Gasteiger partial charge is 0.469 e. The third-order valence-corrected chi connectivity index (χ3v) is 2.93. The lowest BCUT2D eigenvalue weighted by Crippen LogP contribution is -2.42. The lowest BCUT2D eigenvalue weighted by atomic mass is 9.86. The van der Waals surface area contributed by atoms with Gasteiger partial charge in [0.05, 0.1) is 13.0 Å². The van der Waals surface area contributed by atoms with Crippen molar-refractivity contribution >= 4 is 12.1 Å². The van der Waals surface area contributed by atoms with Crippen molar-refractivity contribution in [1.29, 1.82) is 0 Å². The summed E-state index contributed by atoms with van der Waals surface area (Å²) in [5.74, 6) is -0.297. The summed E-state index contributed by atoms with van der Waals surface area (Å²) in [6.45, 7) is 5.47. The molecule has 0 heterocycles. The Balaban J connectivity index is 2.43. The third kappa shape index (κ3) is 4.94. The zero-order chi connectivity index (χ0) is 13.8. The summed E-state index contributed by atoms with van der Waals surface area (Å²) in [4.78, 5) is 23.1. The van der Waals surface area contributed by atoms with Crippen molar-refractivity contribution in [3.8, 4) is 0 Å². The van der Waals surface area contributed by atoms with Gasteiger partial charge >= 0.3 is 12.1 Å². The molecule has 1 saturated carbocycles. The lowest BCUT2D eigenvalue weighted by Gasteiger charge is -2.29. The Morgan fingerprint density at radius 1 is 1.22 bits per heavy atom. The zero-order valence-corrected chi connectivity index (χ0v) is 11.6. The molecule has 0 aromatic heterocycles. The molecule has 2 atom stereocenters. The van der Waals surface area contributed by atoms with E-state index in [0.29, 0.717) is 6.42 Å². The van der Waals surface area contributed by atoms with Crippen LogP contribution in [0.3, 0.4) is 0 Å². The summed E-state index contributed by atoms with van der Waals surface area (Å²) in [7, 11) is 1.40. The van der Waals surface area contributed by atoms with Gasteiger partial charge in [-0.15, -0.1) is 0 Å². The van der Waals surface area contributed by atoms with E-state index in [1.807, 2.05) is 20.8 Å². The van der Waals surface area contributed by atoms with E-state index in [4.69, 9.17) is 9.47 Å². The summed E-state index contributed by atoms with van der Waals surface area (Å²) in [5, 5.41) is 2.82. The number of esters is 1. The van der Waals surface area contributed by atoms with Crippen LogP contribution in [0.1, 0.15) is 46.5 Å². The molecule has 1 N–H and O–H groups in total. The molecule has 0 aromatic carbocycles. The predicted molar refractivity (Wildman–Crippen MR) is 67.1 cm³/mol. The third-order valence-electron chi connectivity index (χ3n) is 2.93. The van der Waals surface area contributed by atoms with Crippen LogP contribution in [-0.2, 0) is 14.3 Å². The number of carbonyl (C=O) groups excluding carboxylic acids is 2. The van der Waals surface area contributed by atoms with Crippen LogP contribution in [-0.4, -0.2) is 30.8 Å².